The molecule has 4 nitrogen and oxygen atoms in total. The zero-order valence-electron chi connectivity index (χ0n) is 12.1. The van der Waals surface area contributed by atoms with Gasteiger partial charge in [0.1, 0.15) is 0 Å². The number of aromatic nitrogens is 2. The van der Waals surface area contributed by atoms with E-state index < -0.39 is 0 Å². The molecule has 21 heavy (non-hydrogen) atoms. The van der Waals surface area contributed by atoms with Gasteiger partial charge < -0.3 is 5.32 Å². The number of carbonyl (C=O) groups is 1. The zero-order valence-corrected chi connectivity index (χ0v) is 12.1. The summed E-state index contributed by atoms with van der Waals surface area (Å²) in [6.45, 7) is 4.71. The van der Waals surface area contributed by atoms with Crippen LogP contribution in [-0.4, -0.2) is 15.7 Å². The highest BCUT2D eigenvalue weighted by atomic mass is 16.1. The Hall–Kier alpha value is -2.62. The summed E-state index contributed by atoms with van der Waals surface area (Å²) in [5, 5.41) is 9.39. The lowest BCUT2D eigenvalue weighted by Gasteiger charge is -2.07. The molecule has 4 heteroatoms. The van der Waals surface area contributed by atoms with Crippen LogP contribution in [0.25, 0.3) is 10.8 Å². The molecule has 1 amide bonds. The number of benzene rings is 2. The maximum Gasteiger partial charge on any atom is 0.276 e. The van der Waals surface area contributed by atoms with E-state index in [0.717, 1.165) is 28.7 Å². The van der Waals surface area contributed by atoms with Gasteiger partial charge in [0, 0.05) is 23.3 Å². The molecule has 0 aliphatic rings. The summed E-state index contributed by atoms with van der Waals surface area (Å²) in [5.41, 5.74) is 2.24. The van der Waals surface area contributed by atoms with Crippen molar-refractivity contribution in [2.24, 2.45) is 0 Å². The lowest BCUT2D eigenvalue weighted by Crippen LogP contribution is -2.13. The molecule has 1 aromatic heterocycles. The fourth-order valence-electron chi connectivity index (χ4n) is 2.46. The molecule has 106 valence electrons. The second-order valence-electron chi connectivity index (χ2n) is 4.97. The fraction of sp³-hybridized carbons (Fsp3) is 0.176. The van der Waals surface area contributed by atoms with E-state index in [1.165, 1.54) is 0 Å². The van der Waals surface area contributed by atoms with E-state index in [1.54, 1.807) is 0 Å². The monoisotopic (exact) mass is 279 g/mol. The van der Waals surface area contributed by atoms with Gasteiger partial charge in [-0.05, 0) is 31.4 Å². The number of aryl methyl sites for hydroxylation is 2. The van der Waals surface area contributed by atoms with E-state index in [4.69, 9.17) is 0 Å². The van der Waals surface area contributed by atoms with Crippen molar-refractivity contribution < 1.29 is 4.79 Å². The number of nitrogens with zero attached hydrogens (tertiary/aromatic N) is 2. The number of anilines is 1. The van der Waals surface area contributed by atoms with Crippen molar-refractivity contribution in [3.05, 3.63) is 59.9 Å². The minimum absolute atomic E-state index is 0.179. The molecule has 0 atom stereocenters. The molecule has 0 spiro atoms. The van der Waals surface area contributed by atoms with Gasteiger partial charge in [0.05, 0.1) is 0 Å². The first-order valence-corrected chi connectivity index (χ1v) is 7.02. The first-order chi connectivity index (χ1) is 10.2. The van der Waals surface area contributed by atoms with Crippen LogP contribution in [-0.2, 0) is 6.54 Å². The van der Waals surface area contributed by atoms with E-state index in [0.29, 0.717) is 5.69 Å². The second kappa shape index (κ2) is 5.40. The molecule has 0 saturated carbocycles. The van der Waals surface area contributed by atoms with Crippen LogP contribution in [0.15, 0.2) is 48.5 Å². The average molecular weight is 279 g/mol. The maximum absolute atomic E-state index is 12.4. The smallest absolute Gasteiger partial charge is 0.276 e. The molecule has 1 heterocycles. The average Bonchev–Trinajstić information content (AvgIpc) is 2.89. The van der Waals surface area contributed by atoms with E-state index in [9.17, 15) is 4.79 Å². The summed E-state index contributed by atoms with van der Waals surface area (Å²) >= 11 is 0. The Labute approximate surface area is 123 Å². The highest BCUT2D eigenvalue weighted by molar-refractivity contribution is 6.08. The summed E-state index contributed by atoms with van der Waals surface area (Å²) in [6, 6.07) is 15.7. The van der Waals surface area contributed by atoms with E-state index in [2.05, 4.69) is 10.4 Å². The van der Waals surface area contributed by atoms with Crippen molar-refractivity contribution in [3.63, 3.8) is 0 Å². The van der Waals surface area contributed by atoms with Crippen molar-refractivity contribution >= 4 is 22.4 Å². The lowest BCUT2D eigenvalue weighted by molar-refractivity contribution is 0.102. The van der Waals surface area contributed by atoms with Gasteiger partial charge in [0.2, 0.25) is 0 Å². The van der Waals surface area contributed by atoms with Crippen LogP contribution >= 0.6 is 0 Å². The number of hydrogen-bond acceptors (Lipinski definition) is 2. The molecular formula is C17H17N3O. The molecule has 0 fully saturated rings. The third-order valence-electron chi connectivity index (χ3n) is 3.55. The number of carbonyl (C=O) groups excluding carboxylic acids is 1. The Morgan fingerprint density at radius 1 is 1.19 bits per heavy atom. The first-order valence-electron chi connectivity index (χ1n) is 7.02. The predicted molar refractivity (Wildman–Crippen MR) is 84.5 cm³/mol. The highest BCUT2D eigenvalue weighted by Crippen LogP contribution is 2.23. The molecule has 3 rings (SSSR count). The summed E-state index contributed by atoms with van der Waals surface area (Å²) < 4.78 is 1.82. The molecule has 0 unspecified atom stereocenters. The molecule has 2 aromatic carbocycles. The zero-order chi connectivity index (χ0) is 14.8. The highest BCUT2D eigenvalue weighted by Gasteiger charge is 2.13. The van der Waals surface area contributed by atoms with Gasteiger partial charge in [-0.15, -0.1) is 0 Å². The van der Waals surface area contributed by atoms with Crippen molar-refractivity contribution in [3.8, 4) is 0 Å². The van der Waals surface area contributed by atoms with Gasteiger partial charge in [-0.2, -0.15) is 5.10 Å². The number of rotatable bonds is 3. The van der Waals surface area contributed by atoms with Crippen LogP contribution in [0.3, 0.4) is 0 Å². The van der Waals surface area contributed by atoms with Crippen LogP contribution in [0, 0.1) is 6.92 Å². The van der Waals surface area contributed by atoms with Crippen LogP contribution in [0.1, 0.15) is 23.1 Å². The van der Waals surface area contributed by atoms with Gasteiger partial charge in [-0.25, -0.2) is 0 Å². The second-order valence-corrected chi connectivity index (χ2v) is 4.97. The first kappa shape index (κ1) is 13.4. The SMILES string of the molecule is CCn1nc(C(=O)Nc2cccc3ccccc23)cc1C. The third kappa shape index (κ3) is 2.52. The quantitative estimate of drug-likeness (QED) is 0.796. The number of fused-ring (bicyclic) bond motifs is 1. The summed E-state index contributed by atoms with van der Waals surface area (Å²) in [7, 11) is 0. The van der Waals surface area contributed by atoms with Crippen LogP contribution in [0.5, 0.6) is 0 Å². The van der Waals surface area contributed by atoms with Gasteiger partial charge in [0.15, 0.2) is 5.69 Å². The number of amides is 1. The van der Waals surface area contributed by atoms with Crippen molar-refractivity contribution in [2.75, 3.05) is 5.32 Å². The molecule has 0 radical (unpaired) electrons. The Kier molecular flexibility index (Phi) is 3.44. The number of hydrogen-bond donors (Lipinski definition) is 1. The van der Waals surface area contributed by atoms with Crippen LogP contribution in [0.2, 0.25) is 0 Å². The minimum atomic E-state index is -0.179. The predicted octanol–water partition coefficient (Wildman–Crippen LogP) is 3.62. The van der Waals surface area contributed by atoms with Gasteiger partial charge in [0.25, 0.3) is 5.91 Å². The van der Waals surface area contributed by atoms with Gasteiger partial charge in [-0.1, -0.05) is 36.4 Å². The Morgan fingerprint density at radius 3 is 2.71 bits per heavy atom. The van der Waals surface area contributed by atoms with E-state index in [-0.39, 0.29) is 5.91 Å². The summed E-state index contributed by atoms with van der Waals surface area (Å²) in [5.74, 6) is -0.179. The van der Waals surface area contributed by atoms with E-state index in [1.807, 2.05) is 67.1 Å². The third-order valence-corrected chi connectivity index (χ3v) is 3.55. The number of nitrogens with one attached hydrogen (secondary N) is 1. The fourth-order valence-corrected chi connectivity index (χ4v) is 2.46. The minimum Gasteiger partial charge on any atom is -0.320 e. The summed E-state index contributed by atoms with van der Waals surface area (Å²) in [4.78, 5) is 12.4. The van der Waals surface area contributed by atoms with Crippen molar-refractivity contribution in [2.45, 2.75) is 20.4 Å². The molecule has 0 bridgehead atoms. The van der Waals surface area contributed by atoms with Gasteiger partial charge in [-0.3, -0.25) is 9.48 Å². The Bertz CT molecular complexity index is 799. The normalized spacial score (nSPS) is 10.8. The molecule has 1 N–H and O–H groups in total. The topological polar surface area (TPSA) is 46.9 Å². The van der Waals surface area contributed by atoms with Crippen molar-refractivity contribution in [1.29, 1.82) is 0 Å². The molecule has 0 saturated heterocycles. The van der Waals surface area contributed by atoms with Crippen molar-refractivity contribution in [1.82, 2.24) is 9.78 Å². The van der Waals surface area contributed by atoms with E-state index >= 15 is 0 Å². The Morgan fingerprint density at radius 2 is 1.95 bits per heavy atom. The molecule has 0 aliphatic heterocycles. The molecule has 0 aliphatic carbocycles. The van der Waals surface area contributed by atoms with Crippen LogP contribution in [0.4, 0.5) is 5.69 Å². The Balaban J connectivity index is 1.92. The van der Waals surface area contributed by atoms with Crippen LogP contribution < -0.4 is 5.32 Å². The van der Waals surface area contributed by atoms with Gasteiger partial charge >= 0.3 is 0 Å². The molecular weight excluding hydrogens is 262 g/mol. The molecule has 3 aromatic rings. The lowest BCUT2D eigenvalue weighted by atomic mass is 10.1. The standard InChI is InChI=1S/C17H17N3O/c1-3-20-12(2)11-16(19-20)17(21)18-15-10-6-8-13-7-4-5-9-14(13)15/h4-11H,3H2,1-2H3,(H,18,21). The summed E-state index contributed by atoms with van der Waals surface area (Å²) in [6.07, 6.45) is 0. The maximum atomic E-state index is 12.4. The largest absolute Gasteiger partial charge is 0.320 e.